The van der Waals surface area contributed by atoms with E-state index in [1.165, 1.54) is 11.5 Å². The number of halogens is 1. The number of carbonyl (C=O) groups is 2. The van der Waals surface area contributed by atoms with Crippen molar-refractivity contribution in [1.82, 2.24) is 14.6 Å². The number of aliphatic hydroxyl groups excluding tert-OH is 2. The van der Waals surface area contributed by atoms with Crippen molar-refractivity contribution < 1.29 is 47.8 Å². The minimum Gasteiger partial charge on any atom is -0.431 e. The molecule has 2 aliphatic rings. The Balaban J connectivity index is 1.26. The summed E-state index contributed by atoms with van der Waals surface area (Å²) >= 11 is 6.44. The van der Waals surface area contributed by atoms with Gasteiger partial charge < -0.3 is 43.6 Å². The molecule has 6 atom stereocenters. The van der Waals surface area contributed by atoms with Crippen LogP contribution in [0.25, 0.3) is 11.0 Å². The molecular formula is C33H41ClN5O10P. The average Bonchev–Trinajstić information content (AvgIpc) is 3.81. The Bertz CT molecular complexity index is 1750. The van der Waals surface area contributed by atoms with Gasteiger partial charge in [-0.25, -0.2) is 10.1 Å². The number of hydrogen-bond donors (Lipinski definition) is 4. The number of carbonyl (C=O) groups excluding carboxylic acids is 2. The van der Waals surface area contributed by atoms with Gasteiger partial charge in [0.05, 0.1) is 18.2 Å². The van der Waals surface area contributed by atoms with E-state index in [0.717, 1.165) is 25.7 Å². The Morgan fingerprint density at radius 1 is 1.12 bits per heavy atom. The van der Waals surface area contributed by atoms with Gasteiger partial charge in [-0.15, -0.1) is 0 Å². The van der Waals surface area contributed by atoms with E-state index in [9.17, 15) is 29.6 Å². The van der Waals surface area contributed by atoms with Gasteiger partial charge in [0.15, 0.2) is 11.4 Å². The van der Waals surface area contributed by atoms with Crippen LogP contribution in [0.5, 0.6) is 5.75 Å². The third-order valence-electron chi connectivity index (χ3n) is 8.40. The SMILES string of the molecule is CC(C)C(=O)OCOC(=O)[C@H](C)NP(=O)(COCC1O[C@@H](n2ccc3c(NC4CCCC4)c(C#N)c(Cl)nc32)[C@H](O)[C@@H]1O)Oc1ccccc1. The van der Waals surface area contributed by atoms with Gasteiger partial charge in [0.1, 0.15) is 53.7 Å². The van der Waals surface area contributed by atoms with E-state index in [-0.39, 0.29) is 29.1 Å². The molecule has 5 rings (SSSR count). The van der Waals surface area contributed by atoms with Crippen molar-refractivity contribution >= 4 is 47.8 Å². The summed E-state index contributed by atoms with van der Waals surface area (Å²) in [5.41, 5.74) is 1.12. The molecule has 2 fully saturated rings. The van der Waals surface area contributed by atoms with Crippen LogP contribution in [0.4, 0.5) is 5.69 Å². The van der Waals surface area contributed by atoms with Gasteiger partial charge in [-0.2, -0.15) is 5.26 Å². The lowest BCUT2D eigenvalue weighted by molar-refractivity contribution is -0.170. The van der Waals surface area contributed by atoms with Crippen LogP contribution in [0.3, 0.4) is 0 Å². The van der Waals surface area contributed by atoms with Crippen LogP contribution in [0.15, 0.2) is 42.6 Å². The molecule has 1 saturated heterocycles. The monoisotopic (exact) mass is 733 g/mol. The molecule has 270 valence electrons. The standard InChI is InChI=1S/C33H41ClN5O10P/c1-19(2)32(42)46-17-47-33(43)20(3)38-50(44,49-22-11-5-4-6-12-22)18-45-16-25-27(40)28(41)31(48-25)39-14-13-23-26(36-21-9-7-8-10-21)24(15-35)29(34)37-30(23)39/h4-6,11-14,19-21,25,27-28,31,40-41H,7-10,16-18H2,1-3H3,(H,36,37)(H,38,44)/t20-,25?,27+,28+,31+,50?/m0/s1. The van der Waals surface area contributed by atoms with Gasteiger partial charge in [-0.1, -0.05) is 56.5 Å². The van der Waals surface area contributed by atoms with Crippen molar-refractivity contribution in [2.24, 2.45) is 5.92 Å². The Hall–Kier alpha value is -3.74. The summed E-state index contributed by atoms with van der Waals surface area (Å²) in [6, 6.07) is 11.1. The number of benzene rings is 1. The minimum atomic E-state index is -3.98. The average molecular weight is 734 g/mol. The van der Waals surface area contributed by atoms with Crippen LogP contribution < -0.4 is 14.9 Å². The van der Waals surface area contributed by atoms with Crippen molar-refractivity contribution in [3.05, 3.63) is 53.3 Å². The molecular weight excluding hydrogens is 693 g/mol. The number of para-hydroxylation sites is 1. The second kappa shape index (κ2) is 16.5. The molecule has 15 nitrogen and oxygen atoms in total. The second-order valence-corrected chi connectivity index (χ2v) is 14.9. The van der Waals surface area contributed by atoms with E-state index >= 15 is 0 Å². The third kappa shape index (κ3) is 8.76. The predicted octanol–water partition coefficient (Wildman–Crippen LogP) is 4.46. The first kappa shape index (κ1) is 37.5. The molecule has 2 aromatic heterocycles. The van der Waals surface area contributed by atoms with Crippen molar-refractivity contribution in [2.45, 2.75) is 83.1 Å². The van der Waals surface area contributed by atoms with E-state index in [2.05, 4.69) is 21.5 Å². The number of aliphatic hydroxyl groups is 2. The number of hydrogen-bond acceptors (Lipinski definition) is 13. The molecule has 1 aliphatic carbocycles. The molecule has 4 N–H and O–H groups in total. The fourth-order valence-electron chi connectivity index (χ4n) is 5.78. The number of aromatic nitrogens is 2. The van der Waals surface area contributed by atoms with Crippen LogP contribution >= 0.6 is 19.1 Å². The lowest BCUT2D eigenvalue weighted by Gasteiger charge is -2.24. The lowest BCUT2D eigenvalue weighted by atomic mass is 10.1. The maximum absolute atomic E-state index is 14.0. The Labute approximate surface area is 294 Å². The second-order valence-electron chi connectivity index (χ2n) is 12.5. The number of rotatable bonds is 15. The summed E-state index contributed by atoms with van der Waals surface area (Å²) in [5.74, 6) is -1.58. The summed E-state index contributed by atoms with van der Waals surface area (Å²) < 4.78 is 42.9. The fraction of sp³-hybridized carbons (Fsp3) is 0.515. The minimum absolute atomic E-state index is 0.00952. The number of anilines is 1. The van der Waals surface area contributed by atoms with E-state index in [0.29, 0.717) is 16.7 Å². The normalized spacial score (nSPS) is 22.6. The number of pyridine rings is 1. The summed E-state index contributed by atoms with van der Waals surface area (Å²) in [4.78, 5) is 28.7. The van der Waals surface area contributed by atoms with Crippen molar-refractivity contribution in [1.29, 1.82) is 5.26 Å². The fourth-order valence-corrected chi connectivity index (χ4v) is 7.68. The molecule has 1 saturated carbocycles. The number of nitrogens with one attached hydrogen (secondary N) is 2. The summed E-state index contributed by atoms with van der Waals surface area (Å²) in [5, 5.41) is 38.5. The first-order chi connectivity index (χ1) is 23.9. The zero-order valence-corrected chi connectivity index (χ0v) is 29.5. The predicted molar refractivity (Wildman–Crippen MR) is 181 cm³/mol. The topological polar surface area (TPSA) is 203 Å². The van der Waals surface area contributed by atoms with Gasteiger partial charge in [0.2, 0.25) is 6.79 Å². The molecule has 3 heterocycles. The molecule has 3 aromatic rings. The zero-order chi connectivity index (χ0) is 36.0. The van der Waals surface area contributed by atoms with Crippen LogP contribution in [0.1, 0.15) is 58.2 Å². The van der Waals surface area contributed by atoms with Gasteiger partial charge in [-0.3, -0.25) is 14.2 Å². The number of ether oxygens (including phenoxy) is 4. The van der Waals surface area contributed by atoms with Crippen molar-refractivity contribution in [3.63, 3.8) is 0 Å². The highest BCUT2D eigenvalue weighted by Gasteiger charge is 2.45. The van der Waals surface area contributed by atoms with Gasteiger partial charge in [0, 0.05) is 17.6 Å². The number of esters is 2. The highest BCUT2D eigenvalue weighted by Crippen LogP contribution is 2.44. The Morgan fingerprint density at radius 3 is 2.50 bits per heavy atom. The smallest absolute Gasteiger partial charge is 0.342 e. The van der Waals surface area contributed by atoms with Crippen LogP contribution in [0, 0.1) is 17.2 Å². The highest BCUT2D eigenvalue weighted by molar-refractivity contribution is 7.57. The maximum atomic E-state index is 14.0. The molecule has 0 radical (unpaired) electrons. The number of nitriles is 1. The Morgan fingerprint density at radius 2 is 1.82 bits per heavy atom. The molecule has 17 heteroatoms. The number of fused-ring (bicyclic) bond motifs is 1. The van der Waals surface area contributed by atoms with Crippen LogP contribution in [0.2, 0.25) is 5.15 Å². The molecule has 50 heavy (non-hydrogen) atoms. The highest BCUT2D eigenvalue weighted by atomic mass is 35.5. The van der Waals surface area contributed by atoms with Gasteiger partial charge in [-0.05, 0) is 38.0 Å². The molecule has 0 bridgehead atoms. The lowest BCUT2D eigenvalue weighted by Crippen LogP contribution is -2.37. The first-order valence-electron chi connectivity index (χ1n) is 16.3. The summed E-state index contributed by atoms with van der Waals surface area (Å²) in [7, 11) is -3.98. The van der Waals surface area contributed by atoms with Crippen molar-refractivity contribution in [3.8, 4) is 11.8 Å². The molecule has 0 spiro atoms. The quantitative estimate of drug-likeness (QED) is 0.0738. The molecule has 1 aromatic carbocycles. The zero-order valence-electron chi connectivity index (χ0n) is 27.9. The maximum Gasteiger partial charge on any atom is 0.342 e. The molecule has 1 aliphatic heterocycles. The van der Waals surface area contributed by atoms with E-state index in [1.807, 2.05) is 0 Å². The first-order valence-corrected chi connectivity index (χ1v) is 18.5. The largest absolute Gasteiger partial charge is 0.431 e. The van der Waals surface area contributed by atoms with Crippen LogP contribution in [-0.2, 0) is 33.1 Å². The van der Waals surface area contributed by atoms with Gasteiger partial charge >= 0.3 is 19.5 Å². The Kier molecular flexibility index (Phi) is 12.4. The summed E-state index contributed by atoms with van der Waals surface area (Å²) in [6.07, 6.45) is 0.167. The van der Waals surface area contributed by atoms with E-state index < -0.39 is 69.1 Å². The third-order valence-corrected chi connectivity index (χ3v) is 10.5. The van der Waals surface area contributed by atoms with Crippen molar-refractivity contribution in [2.75, 3.05) is 25.1 Å². The van der Waals surface area contributed by atoms with Crippen LogP contribution in [-0.4, -0.2) is 81.8 Å². The number of nitrogens with zero attached hydrogens (tertiary/aromatic N) is 3. The van der Waals surface area contributed by atoms with E-state index in [1.54, 1.807) is 56.4 Å². The molecule has 0 amide bonds. The van der Waals surface area contributed by atoms with Gasteiger partial charge in [0.25, 0.3) is 0 Å². The molecule has 2 unspecified atom stereocenters. The summed E-state index contributed by atoms with van der Waals surface area (Å²) in [6.45, 7) is 3.74. The van der Waals surface area contributed by atoms with E-state index in [4.69, 9.17) is 35.1 Å².